The molecule has 0 radical (unpaired) electrons. The molecule has 4 rings (SSSR count). The summed E-state index contributed by atoms with van der Waals surface area (Å²) < 4.78 is 7.22. The molecular weight excluding hydrogens is 364 g/mol. The maximum Gasteiger partial charge on any atom is 0.272 e. The normalized spacial score (nSPS) is 12.3. The van der Waals surface area contributed by atoms with Crippen LogP contribution in [-0.4, -0.2) is 42.7 Å². The first kappa shape index (κ1) is 17.3. The van der Waals surface area contributed by atoms with Crippen molar-refractivity contribution in [1.29, 1.82) is 0 Å². The Kier molecular flexibility index (Phi) is 4.93. The number of carbonyl (C=O) groups is 1. The van der Waals surface area contributed by atoms with Gasteiger partial charge >= 0.3 is 0 Å². The molecular formula is C18H18N6O2S. The van der Waals surface area contributed by atoms with Crippen LogP contribution in [0.3, 0.4) is 0 Å². The van der Waals surface area contributed by atoms with Gasteiger partial charge in [-0.05, 0) is 42.7 Å². The van der Waals surface area contributed by atoms with E-state index in [2.05, 4.69) is 25.7 Å². The number of nitrogens with zero attached hydrogens (tertiary/aromatic N) is 4. The van der Waals surface area contributed by atoms with E-state index in [4.69, 9.17) is 4.42 Å². The van der Waals surface area contributed by atoms with Gasteiger partial charge in [0.2, 0.25) is 0 Å². The second-order valence-electron chi connectivity index (χ2n) is 5.94. The monoisotopic (exact) mass is 382 g/mol. The molecule has 4 heterocycles. The first-order chi connectivity index (χ1) is 13.3. The van der Waals surface area contributed by atoms with Gasteiger partial charge in [0.15, 0.2) is 22.9 Å². The molecule has 1 unspecified atom stereocenters. The molecule has 0 aliphatic rings. The molecule has 0 fully saturated rings. The fourth-order valence-electron chi connectivity index (χ4n) is 2.83. The van der Waals surface area contributed by atoms with Gasteiger partial charge in [-0.3, -0.25) is 14.3 Å². The summed E-state index contributed by atoms with van der Waals surface area (Å²) in [5.74, 6) is 1.94. The molecule has 1 atom stereocenters. The van der Waals surface area contributed by atoms with Crippen LogP contribution in [0.15, 0.2) is 53.3 Å². The number of hydrogen-bond acceptors (Lipinski definition) is 6. The van der Waals surface area contributed by atoms with Gasteiger partial charge < -0.3 is 9.73 Å². The van der Waals surface area contributed by atoms with Crippen LogP contribution in [0.25, 0.3) is 17.1 Å². The summed E-state index contributed by atoms with van der Waals surface area (Å²) in [5, 5.41) is 18.4. The lowest BCUT2D eigenvalue weighted by molar-refractivity contribution is 0.0928. The number of aromatic nitrogens is 5. The van der Waals surface area contributed by atoms with E-state index in [1.54, 1.807) is 36.2 Å². The molecule has 4 aromatic rings. The topological polar surface area (TPSA) is 101 Å². The second kappa shape index (κ2) is 7.67. The quantitative estimate of drug-likeness (QED) is 0.510. The van der Waals surface area contributed by atoms with E-state index in [-0.39, 0.29) is 11.9 Å². The highest BCUT2D eigenvalue weighted by Gasteiger charge is 2.22. The Hall–Kier alpha value is -3.07. The van der Waals surface area contributed by atoms with Crippen molar-refractivity contribution in [3.8, 4) is 11.5 Å². The molecule has 0 aliphatic heterocycles. The van der Waals surface area contributed by atoms with Crippen molar-refractivity contribution in [2.24, 2.45) is 0 Å². The highest BCUT2D eigenvalue weighted by Crippen LogP contribution is 2.21. The van der Waals surface area contributed by atoms with E-state index in [0.29, 0.717) is 23.0 Å². The molecule has 8 nitrogen and oxygen atoms in total. The van der Waals surface area contributed by atoms with Gasteiger partial charge in [-0.15, -0.1) is 10.2 Å². The van der Waals surface area contributed by atoms with Gasteiger partial charge in [0, 0.05) is 12.3 Å². The zero-order chi connectivity index (χ0) is 18.6. The maximum absolute atomic E-state index is 12.7. The van der Waals surface area contributed by atoms with Crippen molar-refractivity contribution in [3.63, 3.8) is 0 Å². The SMILES string of the molecule is CSCCC(NC(=O)c1cc(-c2ccco2)[nH]n1)c1nnc2ccccn12. The fourth-order valence-corrected chi connectivity index (χ4v) is 3.30. The number of carbonyl (C=O) groups excluding carboxylic acids is 1. The smallest absolute Gasteiger partial charge is 0.272 e. The largest absolute Gasteiger partial charge is 0.463 e. The van der Waals surface area contributed by atoms with Gasteiger partial charge in [0.25, 0.3) is 5.91 Å². The summed E-state index contributed by atoms with van der Waals surface area (Å²) in [4.78, 5) is 12.7. The Bertz CT molecular complexity index is 1040. The summed E-state index contributed by atoms with van der Waals surface area (Å²) in [6, 6.07) is 10.7. The number of H-pyrrole nitrogens is 1. The highest BCUT2D eigenvalue weighted by atomic mass is 32.2. The zero-order valence-corrected chi connectivity index (χ0v) is 15.4. The number of hydrogen-bond donors (Lipinski definition) is 2. The highest BCUT2D eigenvalue weighted by molar-refractivity contribution is 7.98. The Morgan fingerprint density at radius 3 is 3.07 bits per heavy atom. The summed E-state index contributed by atoms with van der Waals surface area (Å²) >= 11 is 1.71. The molecule has 0 bridgehead atoms. The Balaban J connectivity index is 1.57. The minimum Gasteiger partial charge on any atom is -0.463 e. The Morgan fingerprint density at radius 1 is 1.33 bits per heavy atom. The van der Waals surface area contributed by atoms with Crippen molar-refractivity contribution in [2.75, 3.05) is 12.0 Å². The minimum atomic E-state index is -0.275. The molecule has 4 aromatic heterocycles. The van der Waals surface area contributed by atoms with Gasteiger partial charge in [0.1, 0.15) is 5.69 Å². The predicted molar refractivity (Wildman–Crippen MR) is 102 cm³/mol. The fraction of sp³-hybridized carbons (Fsp3) is 0.222. The Labute approximate surface area is 159 Å². The van der Waals surface area contributed by atoms with Gasteiger partial charge in [-0.25, -0.2) is 0 Å². The molecule has 0 saturated carbocycles. The summed E-state index contributed by atoms with van der Waals surface area (Å²) in [6.45, 7) is 0. The van der Waals surface area contributed by atoms with E-state index in [9.17, 15) is 4.79 Å². The number of nitrogens with one attached hydrogen (secondary N) is 2. The van der Waals surface area contributed by atoms with E-state index < -0.39 is 0 Å². The van der Waals surface area contributed by atoms with Crippen LogP contribution in [0.2, 0.25) is 0 Å². The molecule has 9 heteroatoms. The lowest BCUT2D eigenvalue weighted by Gasteiger charge is -2.16. The van der Waals surface area contributed by atoms with E-state index >= 15 is 0 Å². The summed E-state index contributed by atoms with van der Waals surface area (Å²) in [7, 11) is 0. The van der Waals surface area contributed by atoms with Gasteiger partial charge in [-0.1, -0.05) is 6.07 Å². The number of thioether (sulfide) groups is 1. The number of pyridine rings is 1. The predicted octanol–water partition coefficient (Wildman–Crippen LogP) is 2.94. The van der Waals surface area contributed by atoms with Crippen LogP contribution in [0.5, 0.6) is 0 Å². The molecule has 138 valence electrons. The van der Waals surface area contributed by atoms with E-state index in [0.717, 1.165) is 17.8 Å². The number of furan rings is 1. The third-order valence-corrected chi connectivity index (χ3v) is 4.81. The summed E-state index contributed by atoms with van der Waals surface area (Å²) in [5.41, 5.74) is 1.69. The van der Waals surface area contributed by atoms with Crippen molar-refractivity contribution in [1.82, 2.24) is 30.1 Å². The van der Waals surface area contributed by atoms with Crippen LogP contribution < -0.4 is 5.32 Å². The Morgan fingerprint density at radius 2 is 2.26 bits per heavy atom. The third-order valence-electron chi connectivity index (χ3n) is 4.16. The van der Waals surface area contributed by atoms with Crippen LogP contribution in [0, 0.1) is 0 Å². The van der Waals surface area contributed by atoms with Crippen molar-refractivity contribution >= 4 is 23.3 Å². The average molecular weight is 382 g/mol. The van der Waals surface area contributed by atoms with Crippen molar-refractivity contribution in [3.05, 3.63) is 60.4 Å². The van der Waals surface area contributed by atoms with E-state index in [1.807, 2.05) is 35.1 Å². The molecule has 0 aromatic carbocycles. The first-order valence-corrected chi connectivity index (χ1v) is 9.84. The lowest BCUT2D eigenvalue weighted by atomic mass is 10.2. The van der Waals surface area contributed by atoms with Crippen molar-refractivity contribution < 1.29 is 9.21 Å². The van der Waals surface area contributed by atoms with Crippen LogP contribution in [-0.2, 0) is 0 Å². The molecule has 1 amide bonds. The minimum absolute atomic E-state index is 0.272. The van der Waals surface area contributed by atoms with Crippen LogP contribution in [0.1, 0.15) is 28.8 Å². The van der Waals surface area contributed by atoms with Gasteiger partial charge in [-0.2, -0.15) is 16.9 Å². The molecule has 0 saturated heterocycles. The zero-order valence-electron chi connectivity index (χ0n) is 14.6. The summed E-state index contributed by atoms with van der Waals surface area (Å²) in [6.07, 6.45) is 6.24. The van der Waals surface area contributed by atoms with Crippen LogP contribution in [0.4, 0.5) is 0 Å². The van der Waals surface area contributed by atoms with Crippen LogP contribution >= 0.6 is 11.8 Å². The molecule has 2 N–H and O–H groups in total. The number of fused-ring (bicyclic) bond motifs is 1. The van der Waals surface area contributed by atoms with Crippen molar-refractivity contribution in [2.45, 2.75) is 12.5 Å². The first-order valence-electron chi connectivity index (χ1n) is 8.45. The average Bonchev–Trinajstić information content (AvgIpc) is 3.44. The molecule has 0 spiro atoms. The van der Waals surface area contributed by atoms with Gasteiger partial charge in [0.05, 0.1) is 12.3 Å². The third kappa shape index (κ3) is 3.59. The lowest BCUT2D eigenvalue weighted by Crippen LogP contribution is -2.30. The molecule has 27 heavy (non-hydrogen) atoms. The number of amides is 1. The number of rotatable bonds is 7. The van der Waals surface area contributed by atoms with E-state index in [1.165, 1.54) is 0 Å². The molecule has 0 aliphatic carbocycles. The second-order valence-corrected chi connectivity index (χ2v) is 6.92. The number of aromatic amines is 1. The maximum atomic E-state index is 12.7. The standard InChI is InChI=1S/C18H18N6O2S/c1-27-10-7-12(17-23-22-16-6-2-3-8-24(16)17)19-18(25)14-11-13(20-21-14)15-5-4-9-26-15/h2-6,8-9,11-12H,7,10H2,1H3,(H,19,25)(H,20,21).